The number of carbonyl (C=O) groups is 1. The third kappa shape index (κ3) is 3.89. The third-order valence-corrected chi connectivity index (χ3v) is 4.67. The van der Waals surface area contributed by atoms with Crippen molar-refractivity contribution in [1.29, 1.82) is 0 Å². The van der Waals surface area contributed by atoms with Gasteiger partial charge in [-0.1, -0.05) is 29.4 Å². The Labute approximate surface area is 162 Å². The fourth-order valence-corrected chi connectivity index (χ4v) is 3.25. The highest BCUT2D eigenvalue weighted by molar-refractivity contribution is 5.91. The zero-order valence-electron chi connectivity index (χ0n) is 14.7. The van der Waals surface area contributed by atoms with Crippen molar-refractivity contribution in [3.05, 3.63) is 59.9 Å². The van der Waals surface area contributed by atoms with Gasteiger partial charge >= 0.3 is 0 Å². The lowest BCUT2D eigenvalue weighted by atomic mass is 10.0. The average Bonchev–Trinajstić information content (AvgIpc) is 3.40. The molecule has 0 saturated carbocycles. The van der Waals surface area contributed by atoms with Gasteiger partial charge in [0.15, 0.2) is 5.76 Å². The van der Waals surface area contributed by atoms with Crippen LogP contribution in [0.3, 0.4) is 0 Å². The Morgan fingerprint density at radius 1 is 1.22 bits per heavy atom. The number of hydrogen-bond acceptors (Lipinski definition) is 6. The molecule has 1 saturated heterocycles. The Hall–Kier alpha value is -2.64. The van der Waals surface area contributed by atoms with Crippen LogP contribution in [0.4, 0.5) is 0 Å². The Kier molecular flexibility index (Phi) is 5.93. The maximum Gasteiger partial charge on any atom is 0.290 e. The number of aromatic nitrogens is 2. The van der Waals surface area contributed by atoms with Gasteiger partial charge in [0.2, 0.25) is 11.7 Å². The first-order chi connectivity index (χ1) is 12.8. The summed E-state index contributed by atoms with van der Waals surface area (Å²) >= 11 is 0. The molecule has 0 spiro atoms. The molecular formula is C19H21ClN4O3. The molecule has 1 aliphatic heterocycles. The number of rotatable bonds is 4. The van der Waals surface area contributed by atoms with E-state index in [4.69, 9.17) is 14.7 Å². The van der Waals surface area contributed by atoms with Gasteiger partial charge in [-0.2, -0.15) is 4.98 Å². The number of furan rings is 1. The molecule has 4 rings (SSSR count). The van der Waals surface area contributed by atoms with E-state index in [1.54, 1.807) is 17.0 Å². The van der Waals surface area contributed by atoms with E-state index in [-0.39, 0.29) is 24.4 Å². The SMILES string of the molecule is Cl.NCc1ccc(-c2noc(C3CCCCN3C(=O)c3ccco3)n2)cc1. The number of amides is 1. The van der Waals surface area contributed by atoms with Gasteiger partial charge in [-0.15, -0.1) is 12.4 Å². The zero-order valence-corrected chi connectivity index (χ0v) is 15.5. The molecule has 1 fully saturated rings. The summed E-state index contributed by atoms with van der Waals surface area (Å²) in [6, 6.07) is 10.9. The van der Waals surface area contributed by atoms with Crippen LogP contribution in [0.5, 0.6) is 0 Å². The Balaban J connectivity index is 0.00000210. The standard InChI is InChI=1S/C19H20N4O3.ClH/c20-12-13-6-8-14(9-7-13)17-21-18(26-22-17)15-4-1-2-10-23(15)19(24)16-5-3-11-25-16;/h3,5-9,11,15H,1-2,4,10,12,20H2;1H. The number of hydrogen-bond donors (Lipinski definition) is 1. The second-order valence-corrected chi connectivity index (χ2v) is 6.34. The lowest BCUT2D eigenvalue weighted by molar-refractivity contribution is 0.0529. The lowest BCUT2D eigenvalue weighted by Crippen LogP contribution is -2.38. The molecule has 1 aliphatic rings. The summed E-state index contributed by atoms with van der Waals surface area (Å²) < 4.78 is 10.8. The van der Waals surface area contributed by atoms with Gasteiger partial charge in [0.25, 0.3) is 5.91 Å². The van der Waals surface area contributed by atoms with Crippen molar-refractivity contribution >= 4 is 18.3 Å². The number of carbonyl (C=O) groups excluding carboxylic acids is 1. The molecule has 1 aromatic carbocycles. The van der Waals surface area contributed by atoms with Crippen molar-refractivity contribution in [2.45, 2.75) is 31.8 Å². The topological polar surface area (TPSA) is 98.4 Å². The maximum absolute atomic E-state index is 12.7. The summed E-state index contributed by atoms with van der Waals surface area (Å²) in [5.41, 5.74) is 7.53. The van der Waals surface area contributed by atoms with Crippen LogP contribution in [-0.2, 0) is 6.54 Å². The molecule has 142 valence electrons. The van der Waals surface area contributed by atoms with Crippen LogP contribution in [0, 0.1) is 0 Å². The summed E-state index contributed by atoms with van der Waals surface area (Å²) in [6.45, 7) is 1.14. The molecule has 7 nitrogen and oxygen atoms in total. The van der Waals surface area contributed by atoms with Gasteiger partial charge in [0.1, 0.15) is 6.04 Å². The summed E-state index contributed by atoms with van der Waals surface area (Å²) in [5.74, 6) is 1.16. The first-order valence-electron chi connectivity index (χ1n) is 8.73. The van der Waals surface area contributed by atoms with Crippen LogP contribution in [0.1, 0.15) is 47.3 Å². The number of halogens is 1. The first kappa shape index (κ1) is 19.1. The van der Waals surface area contributed by atoms with E-state index < -0.39 is 0 Å². The second-order valence-electron chi connectivity index (χ2n) is 6.34. The van der Waals surface area contributed by atoms with Crippen molar-refractivity contribution in [3.63, 3.8) is 0 Å². The average molecular weight is 389 g/mol. The van der Waals surface area contributed by atoms with E-state index in [0.717, 1.165) is 30.4 Å². The van der Waals surface area contributed by atoms with Gasteiger partial charge in [0, 0.05) is 18.7 Å². The quantitative estimate of drug-likeness (QED) is 0.733. The van der Waals surface area contributed by atoms with Crippen molar-refractivity contribution in [1.82, 2.24) is 15.0 Å². The molecule has 1 atom stereocenters. The molecule has 2 N–H and O–H groups in total. The third-order valence-electron chi connectivity index (χ3n) is 4.67. The minimum Gasteiger partial charge on any atom is -0.459 e. The highest BCUT2D eigenvalue weighted by atomic mass is 35.5. The molecule has 0 radical (unpaired) electrons. The van der Waals surface area contributed by atoms with Crippen molar-refractivity contribution in [2.75, 3.05) is 6.54 Å². The molecule has 3 heterocycles. The van der Waals surface area contributed by atoms with Crippen LogP contribution in [0.15, 0.2) is 51.6 Å². The van der Waals surface area contributed by atoms with E-state index in [2.05, 4.69) is 10.1 Å². The molecule has 0 bridgehead atoms. The smallest absolute Gasteiger partial charge is 0.290 e. The minimum atomic E-state index is -0.231. The molecular weight excluding hydrogens is 368 g/mol. The van der Waals surface area contributed by atoms with Gasteiger partial charge in [-0.25, -0.2) is 0 Å². The highest BCUT2D eigenvalue weighted by Gasteiger charge is 2.33. The fourth-order valence-electron chi connectivity index (χ4n) is 3.25. The van der Waals surface area contributed by atoms with Crippen LogP contribution < -0.4 is 5.73 Å². The fraction of sp³-hybridized carbons (Fsp3) is 0.316. The number of benzene rings is 1. The predicted molar refractivity (Wildman–Crippen MR) is 101 cm³/mol. The lowest BCUT2D eigenvalue weighted by Gasteiger charge is -2.32. The van der Waals surface area contributed by atoms with Gasteiger partial charge in [-0.3, -0.25) is 4.79 Å². The van der Waals surface area contributed by atoms with Crippen molar-refractivity contribution in [2.24, 2.45) is 5.73 Å². The van der Waals surface area contributed by atoms with E-state index in [1.165, 1.54) is 6.26 Å². The van der Waals surface area contributed by atoms with E-state index in [9.17, 15) is 4.79 Å². The summed E-state index contributed by atoms with van der Waals surface area (Å²) in [4.78, 5) is 19.0. The second kappa shape index (κ2) is 8.37. The predicted octanol–water partition coefficient (Wildman–Crippen LogP) is 3.58. The Morgan fingerprint density at radius 3 is 2.74 bits per heavy atom. The van der Waals surface area contributed by atoms with E-state index >= 15 is 0 Å². The van der Waals surface area contributed by atoms with Crippen LogP contribution in [-0.4, -0.2) is 27.5 Å². The maximum atomic E-state index is 12.7. The summed E-state index contributed by atoms with van der Waals surface area (Å²) in [7, 11) is 0. The molecule has 3 aromatic rings. The summed E-state index contributed by atoms with van der Waals surface area (Å²) in [6.07, 6.45) is 4.25. The normalized spacial score (nSPS) is 16.8. The molecule has 8 heteroatoms. The van der Waals surface area contributed by atoms with E-state index in [1.807, 2.05) is 24.3 Å². The van der Waals surface area contributed by atoms with Gasteiger partial charge < -0.3 is 19.6 Å². The van der Waals surface area contributed by atoms with Crippen LogP contribution in [0.2, 0.25) is 0 Å². The monoisotopic (exact) mass is 388 g/mol. The Bertz CT molecular complexity index is 877. The molecule has 27 heavy (non-hydrogen) atoms. The van der Waals surface area contributed by atoms with Crippen LogP contribution >= 0.6 is 12.4 Å². The summed E-state index contributed by atoms with van der Waals surface area (Å²) in [5, 5.41) is 4.09. The number of piperidine rings is 1. The number of nitrogens with two attached hydrogens (primary N) is 1. The molecule has 2 aromatic heterocycles. The van der Waals surface area contributed by atoms with Gasteiger partial charge in [-0.05, 0) is 37.0 Å². The largest absolute Gasteiger partial charge is 0.459 e. The van der Waals surface area contributed by atoms with Gasteiger partial charge in [0.05, 0.1) is 6.26 Å². The van der Waals surface area contributed by atoms with Crippen LogP contribution in [0.25, 0.3) is 11.4 Å². The minimum absolute atomic E-state index is 0. The van der Waals surface area contributed by atoms with E-state index in [0.29, 0.717) is 30.6 Å². The zero-order chi connectivity index (χ0) is 17.9. The molecule has 0 aliphatic carbocycles. The molecule has 1 unspecified atom stereocenters. The first-order valence-corrected chi connectivity index (χ1v) is 8.73. The Morgan fingerprint density at radius 2 is 2.04 bits per heavy atom. The van der Waals surface area contributed by atoms with Crippen molar-refractivity contribution in [3.8, 4) is 11.4 Å². The number of nitrogens with zero attached hydrogens (tertiary/aromatic N) is 3. The van der Waals surface area contributed by atoms with Crippen molar-refractivity contribution < 1.29 is 13.7 Å². The number of likely N-dealkylation sites (tertiary alicyclic amines) is 1. The molecule has 1 amide bonds. The highest BCUT2D eigenvalue weighted by Crippen LogP contribution is 2.32.